The van der Waals surface area contributed by atoms with E-state index < -0.39 is 16.0 Å². The van der Waals surface area contributed by atoms with Crippen LogP contribution in [0.2, 0.25) is 0 Å². The second-order valence-electron chi connectivity index (χ2n) is 5.95. The first-order valence-electron chi connectivity index (χ1n) is 7.19. The van der Waals surface area contributed by atoms with Crippen LogP contribution in [-0.2, 0) is 14.8 Å². The monoisotopic (exact) mass is 289 g/mol. The molecule has 110 valence electrons. The predicted octanol–water partition coefficient (Wildman–Crippen LogP) is 1.74. The van der Waals surface area contributed by atoms with Crippen molar-refractivity contribution in [3.05, 3.63) is 0 Å². The molecule has 0 saturated heterocycles. The van der Waals surface area contributed by atoms with Crippen molar-refractivity contribution >= 4 is 16.0 Å². The molecule has 0 radical (unpaired) electrons. The molecule has 0 aromatic carbocycles. The van der Waals surface area contributed by atoms with E-state index in [2.05, 4.69) is 4.72 Å². The molecule has 0 bridgehead atoms. The third-order valence-corrected chi connectivity index (χ3v) is 5.91. The van der Waals surface area contributed by atoms with Crippen LogP contribution in [0.1, 0.15) is 51.4 Å². The molecule has 0 heterocycles. The second-order valence-corrected chi connectivity index (χ2v) is 7.75. The van der Waals surface area contributed by atoms with Gasteiger partial charge in [-0.1, -0.05) is 19.3 Å². The van der Waals surface area contributed by atoms with E-state index in [4.69, 9.17) is 5.11 Å². The van der Waals surface area contributed by atoms with E-state index in [9.17, 15) is 13.2 Å². The summed E-state index contributed by atoms with van der Waals surface area (Å²) < 4.78 is 26.8. The van der Waals surface area contributed by atoms with Crippen LogP contribution in [0.5, 0.6) is 0 Å². The van der Waals surface area contributed by atoms with Crippen LogP contribution in [0.15, 0.2) is 0 Å². The maximum atomic E-state index is 12.1. The highest BCUT2D eigenvalue weighted by Gasteiger charge is 2.32. The Labute approximate surface area is 114 Å². The highest BCUT2D eigenvalue weighted by molar-refractivity contribution is 7.89. The number of nitrogens with one attached hydrogen (secondary N) is 1. The zero-order chi connectivity index (χ0) is 13.9. The van der Waals surface area contributed by atoms with Gasteiger partial charge in [0.25, 0.3) is 0 Å². The van der Waals surface area contributed by atoms with Crippen LogP contribution >= 0.6 is 0 Å². The number of hydrogen-bond donors (Lipinski definition) is 2. The minimum atomic E-state index is -3.26. The number of aliphatic carboxylic acids is 1. The van der Waals surface area contributed by atoms with Crippen LogP contribution in [0, 0.1) is 11.8 Å². The van der Waals surface area contributed by atoms with E-state index in [0.29, 0.717) is 19.3 Å². The largest absolute Gasteiger partial charge is 0.481 e. The van der Waals surface area contributed by atoms with Gasteiger partial charge in [0.05, 0.1) is 11.7 Å². The minimum absolute atomic E-state index is 0.185. The summed E-state index contributed by atoms with van der Waals surface area (Å²) in [5, 5.41) is 8.91. The Bertz CT molecular complexity index is 414. The molecular weight excluding hydrogens is 266 g/mol. The lowest BCUT2D eigenvalue weighted by molar-refractivity contribution is -0.141. The van der Waals surface area contributed by atoms with E-state index in [1.807, 2.05) is 0 Å². The molecule has 2 aliphatic carbocycles. The van der Waals surface area contributed by atoms with Crippen LogP contribution < -0.4 is 4.72 Å². The molecule has 0 spiro atoms. The first kappa shape index (κ1) is 14.8. The number of hydrogen-bond acceptors (Lipinski definition) is 3. The molecule has 0 aromatic heterocycles. The van der Waals surface area contributed by atoms with Crippen molar-refractivity contribution < 1.29 is 18.3 Å². The van der Waals surface area contributed by atoms with Gasteiger partial charge in [-0.2, -0.15) is 0 Å². The summed E-state index contributed by atoms with van der Waals surface area (Å²) in [7, 11) is -3.26. The standard InChI is InChI=1S/C13H23NO4S/c15-13(16)11-6-7-12(8-11)14-19(17,18)9-10-4-2-1-3-5-10/h10-12,14H,1-9H2,(H,15,16). The molecule has 0 aliphatic heterocycles. The maximum absolute atomic E-state index is 12.1. The Morgan fingerprint density at radius 2 is 1.79 bits per heavy atom. The molecule has 5 nitrogen and oxygen atoms in total. The topological polar surface area (TPSA) is 83.5 Å². The average molecular weight is 289 g/mol. The van der Waals surface area contributed by atoms with Gasteiger partial charge in [-0.25, -0.2) is 13.1 Å². The van der Waals surface area contributed by atoms with Gasteiger partial charge in [-0.05, 0) is 38.0 Å². The quantitative estimate of drug-likeness (QED) is 0.807. The summed E-state index contributed by atoms with van der Waals surface area (Å²) in [6, 6.07) is -0.185. The molecule has 2 unspecified atom stereocenters. The third-order valence-electron chi connectivity index (χ3n) is 4.31. The first-order chi connectivity index (χ1) is 8.96. The zero-order valence-electron chi connectivity index (χ0n) is 11.2. The third kappa shape index (κ3) is 4.45. The van der Waals surface area contributed by atoms with Crippen molar-refractivity contribution in [2.45, 2.75) is 57.4 Å². The Morgan fingerprint density at radius 1 is 1.11 bits per heavy atom. The van der Waals surface area contributed by atoms with Crippen molar-refractivity contribution in [2.75, 3.05) is 5.75 Å². The van der Waals surface area contributed by atoms with Crippen molar-refractivity contribution in [1.29, 1.82) is 0 Å². The van der Waals surface area contributed by atoms with E-state index in [1.165, 1.54) is 6.42 Å². The minimum Gasteiger partial charge on any atom is -0.481 e. The normalized spacial score (nSPS) is 29.5. The lowest BCUT2D eigenvalue weighted by Crippen LogP contribution is -2.37. The second kappa shape index (κ2) is 6.22. The number of carbonyl (C=O) groups is 1. The average Bonchev–Trinajstić information content (AvgIpc) is 2.77. The SMILES string of the molecule is O=C(O)C1CCC(NS(=O)(=O)CC2CCCCC2)C1. The van der Waals surface area contributed by atoms with E-state index in [-0.39, 0.29) is 23.6 Å². The Hall–Kier alpha value is -0.620. The fraction of sp³-hybridized carbons (Fsp3) is 0.923. The molecule has 0 aromatic rings. The van der Waals surface area contributed by atoms with Gasteiger partial charge in [0.15, 0.2) is 0 Å². The number of rotatable bonds is 5. The molecular formula is C13H23NO4S. The molecule has 2 atom stereocenters. The van der Waals surface area contributed by atoms with Crippen molar-refractivity contribution in [3.8, 4) is 0 Å². The van der Waals surface area contributed by atoms with E-state index >= 15 is 0 Å². The van der Waals surface area contributed by atoms with Crippen molar-refractivity contribution in [2.24, 2.45) is 11.8 Å². The lowest BCUT2D eigenvalue weighted by Gasteiger charge is -2.22. The van der Waals surface area contributed by atoms with Gasteiger partial charge in [0.2, 0.25) is 10.0 Å². The van der Waals surface area contributed by atoms with E-state index in [1.54, 1.807) is 0 Å². The fourth-order valence-corrected chi connectivity index (χ4v) is 5.05. The summed E-state index contributed by atoms with van der Waals surface area (Å²) >= 11 is 0. The lowest BCUT2D eigenvalue weighted by atomic mass is 9.91. The summed E-state index contributed by atoms with van der Waals surface area (Å²) in [5.74, 6) is -0.708. The molecule has 0 amide bonds. The van der Waals surface area contributed by atoms with Crippen LogP contribution in [0.4, 0.5) is 0 Å². The van der Waals surface area contributed by atoms with Gasteiger partial charge in [0, 0.05) is 6.04 Å². The molecule has 2 rings (SSSR count). The zero-order valence-corrected chi connectivity index (χ0v) is 12.0. The highest BCUT2D eigenvalue weighted by atomic mass is 32.2. The van der Waals surface area contributed by atoms with Gasteiger partial charge in [-0.15, -0.1) is 0 Å². The maximum Gasteiger partial charge on any atom is 0.306 e. The number of carboxylic acid groups (broad SMARTS) is 1. The van der Waals surface area contributed by atoms with Crippen molar-refractivity contribution in [1.82, 2.24) is 4.72 Å². The molecule has 19 heavy (non-hydrogen) atoms. The fourth-order valence-electron chi connectivity index (χ4n) is 3.28. The van der Waals surface area contributed by atoms with Gasteiger partial charge < -0.3 is 5.11 Å². The van der Waals surface area contributed by atoms with E-state index in [0.717, 1.165) is 25.7 Å². The van der Waals surface area contributed by atoms with Gasteiger partial charge >= 0.3 is 5.97 Å². The Morgan fingerprint density at radius 3 is 2.37 bits per heavy atom. The number of carboxylic acids is 1. The number of sulfonamides is 1. The molecule has 2 fully saturated rings. The summed E-state index contributed by atoms with van der Waals surface area (Å²) in [6.07, 6.45) is 7.13. The Balaban J connectivity index is 1.82. The molecule has 6 heteroatoms. The molecule has 2 aliphatic rings. The van der Waals surface area contributed by atoms with Crippen LogP contribution in [-0.4, -0.2) is 31.3 Å². The molecule has 2 saturated carbocycles. The van der Waals surface area contributed by atoms with Gasteiger partial charge in [-0.3, -0.25) is 4.79 Å². The van der Waals surface area contributed by atoms with Crippen molar-refractivity contribution in [3.63, 3.8) is 0 Å². The summed E-state index contributed by atoms with van der Waals surface area (Å²) in [4.78, 5) is 10.9. The predicted molar refractivity (Wildman–Crippen MR) is 72.3 cm³/mol. The first-order valence-corrected chi connectivity index (χ1v) is 8.84. The Kier molecular flexibility index (Phi) is 4.84. The summed E-state index contributed by atoms with van der Waals surface area (Å²) in [6.45, 7) is 0. The van der Waals surface area contributed by atoms with Gasteiger partial charge in [0.1, 0.15) is 0 Å². The van der Waals surface area contributed by atoms with Crippen LogP contribution in [0.25, 0.3) is 0 Å². The highest BCUT2D eigenvalue weighted by Crippen LogP contribution is 2.28. The van der Waals surface area contributed by atoms with Crippen LogP contribution in [0.3, 0.4) is 0 Å². The molecule has 2 N–H and O–H groups in total. The summed E-state index contributed by atoms with van der Waals surface area (Å²) in [5.41, 5.74) is 0. The smallest absolute Gasteiger partial charge is 0.306 e.